The number of primary amides is 1. The average Bonchev–Trinajstić information content (AvgIpc) is 2.73. The van der Waals surface area contributed by atoms with E-state index < -0.39 is 17.8 Å². The summed E-state index contributed by atoms with van der Waals surface area (Å²) in [5.41, 5.74) is 4.98. The molecule has 0 aliphatic rings. The van der Waals surface area contributed by atoms with Gasteiger partial charge in [-0.1, -0.05) is 5.21 Å². The third kappa shape index (κ3) is 3.11. The second kappa shape index (κ2) is 5.53. The van der Waals surface area contributed by atoms with E-state index in [4.69, 9.17) is 10.5 Å². The lowest BCUT2D eigenvalue weighted by atomic mass is 10.2. The first kappa shape index (κ1) is 14.4. The van der Waals surface area contributed by atoms with Crippen molar-refractivity contribution in [3.63, 3.8) is 0 Å². The maximum Gasteiger partial charge on any atom is 0.411 e. The Morgan fingerprint density at radius 2 is 2.19 bits per heavy atom. The Bertz CT molecular complexity index is 714. The molecule has 0 spiro atoms. The largest absolute Gasteiger partial charge is 0.411 e. The molecular weight excluding hydrogens is 283 g/mol. The summed E-state index contributed by atoms with van der Waals surface area (Å²) in [7, 11) is 1.47. The number of carbonyl (C=O) groups excluding carboxylic acids is 2. The van der Waals surface area contributed by atoms with Crippen LogP contribution in [0.25, 0.3) is 11.4 Å². The number of halogens is 1. The molecule has 3 N–H and O–H groups in total. The molecule has 2 aromatic rings. The average molecular weight is 294 g/mol. The summed E-state index contributed by atoms with van der Waals surface area (Å²) < 4.78 is 19.8. The summed E-state index contributed by atoms with van der Waals surface area (Å²) in [6, 6.07) is 1.03. The summed E-state index contributed by atoms with van der Waals surface area (Å²) in [5, 5.41) is 9.66. The van der Waals surface area contributed by atoms with Gasteiger partial charge in [-0.3, -0.25) is 9.78 Å². The lowest BCUT2D eigenvalue weighted by Crippen LogP contribution is -2.18. The SMILES string of the molecule is CC(=O)Nc1cnc(-c2nnn(C)c2OC(N)=O)cc1F. The van der Waals surface area contributed by atoms with Gasteiger partial charge in [0.1, 0.15) is 0 Å². The number of hydrogen-bond acceptors (Lipinski definition) is 6. The van der Waals surface area contributed by atoms with Crippen molar-refractivity contribution in [2.45, 2.75) is 6.92 Å². The monoisotopic (exact) mass is 294 g/mol. The van der Waals surface area contributed by atoms with Crippen LogP contribution >= 0.6 is 0 Å². The molecule has 110 valence electrons. The summed E-state index contributed by atoms with van der Waals surface area (Å²) in [4.78, 5) is 25.7. The van der Waals surface area contributed by atoms with Gasteiger partial charge in [0.15, 0.2) is 11.5 Å². The third-order valence-corrected chi connectivity index (χ3v) is 2.38. The van der Waals surface area contributed by atoms with E-state index in [1.54, 1.807) is 0 Å². The van der Waals surface area contributed by atoms with E-state index in [-0.39, 0.29) is 23.0 Å². The first-order valence-electron chi connectivity index (χ1n) is 5.69. The molecule has 2 aromatic heterocycles. The molecule has 0 bridgehead atoms. The topological polar surface area (TPSA) is 125 Å². The number of nitrogens with zero attached hydrogens (tertiary/aromatic N) is 4. The van der Waals surface area contributed by atoms with Crippen LogP contribution in [0.1, 0.15) is 6.92 Å². The Labute approximate surface area is 117 Å². The Kier molecular flexibility index (Phi) is 3.78. The zero-order valence-electron chi connectivity index (χ0n) is 11.1. The molecule has 0 aliphatic carbocycles. The lowest BCUT2D eigenvalue weighted by Gasteiger charge is -2.06. The molecule has 2 heterocycles. The molecular formula is C11H11FN6O3. The summed E-state index contributed by atoms with van der Waals surface area (Å²) in [6.45, 7) is 1.24. The van der Waals surface area contributed by atoms with E-state index in [1.807, 2.05) is 0 Å². The van der Waals surface area contributed by atoms with Crippen molar-refractivity contribution >= 4 is 17.7 Å². The van der Waals surface area contributed by atoms with Crippen molar-refractivity contribution < 1.29 is 18.7 Å². The number of rotatable bonds is 3. The van der Waals surface area contributed by atoms with Crippen molar-refractivity contribution in [3.05, 3.63) is 18.1 Å². The number of ether oxygens (including phenoxy) is 1. The molecule has 10 heteroatoms. The van der Waals surface area contributed by atoms with Gasteiger partial charge < -0.3 is 15.8 Å². The summed E-state index contributed by atoms with van der Waals surface area (Å²) >= 11 is 0. The molecule has 0 aromatic carbocycles. The predicted octanol–water partition coefficient (Wildman–Crippen LogP) is 0.432. The molecule has 2 amide bonds. The second-order valence-electron chi connectivity index (χ2n) is 4.02. The van der Waals surface area contributed by atoms with Gasteiger partial charge in [-0.05, 0) is 0 Å². The fraction of sp³-hybridized carbons (Fsp3) is 0.182. The summed E-state index contributed by atoms with van der Waals surface area (Å²) in [5.74, 6) is -1.21. The highest BCUT2D eigenvalue weighted by molar-refractivity contribution is 5.88. The van der Waals surface area contributed by atoms with Crippen LogP contribution in [0.4, 0.5) is 14.9 Å². The normalized spacial score (nSPS) is 10.2. The molecule has 9 nitrogen and oxygen atoms in total. The molecule has 0 saturated carbocycles. The number of pyridine rings is 1. The van der Waals surface area contributed by atoms with Crippen molar-refractivity contribution in [1.29, 1.82) is 0 Å². The Balaban J connectivity index is 2.41. The summed E-state index contributed by atoms with van der Waals surface area (Å²) in [6.07, 6.45) is 0.0615. The van der Waals surface area contributed by atoms with Crippen LogP contribution in [0.15, 0.2) is 12.3 Å². The molecule has 0 unspecified atom stereocenters. The van der Waals surface area contributed by atoms with Crippen molar-refractivity contribution in [3.8, 4) is 17.3 Å². The number of amides is 2. The zero-order valence-corrected chi connectivity index (χ0v) is 11.1. The minimum atomic E-state index is -1.06. The van der Waals surface area contributed by atoms with Crippen molar-refractivity contribution in [2.24, 2.45) is 12.8 Å². The first-order chi connectivity index (χ1) is 9.88. The molecule has 2 rings (SSSR count). The van der Waals surface area contributed by atoms with Crippen LogP contribution < -0.4 is 15.8 Å². The van der Waals surface area contributed by atoms with E-state index in [9.17, 15) is 14.0 Å². The molecule has 0 fully saturated rings. The predicted molar refractivity (Wildman–Crippen MR) is 68.7 cm³/mol. The highest BCUT2D eigenvalue weighted by Gasteiger charge is 2.19. The van der Waals surface area contributed by atoms with Crippen molar-refractivity contribution in [2.75, 3.05) is 5.32 Å². The number of aromatic nitrogens is 4. The van der Waals surface area contributed by atoms with E-state index in [2.05, 4.69) is 20.6 Å². The quantitative estimate of drug-likeness (QED) is 0.845. The Morgan fingerprint density at radius 3 is 2.76 bits per heavy atom. The van der Waals surface area contributed by atoms with E-state index in [1.165, 1.54) is 14.0 Å². The maximum atomic E-state index is 13.9. The maximum absolute atomic E-state index is 13.9. The van der Waals surface area contributed by atoms with E-state index in [0.29, 0.717) is 0 Å². The van der Waals surface area contributed by atoms with Crippen LogP contribution in [0, 0.1) is 5.82 Å². The van der Waals surface area contributed by atoms with Gasteiger partial charge in [0.2, 0.25) is 5.91 Å². The minimum Gasteiger partial charge on any atom is -0.389 e. The molecule has 0 radical (unpaired) electrons. The number of hydrogen-bond donors (Lipinski definition) is 2. The van der Waals surface area contributed by atoms with Gasteiger partial charge in [0.25, 0.3) is 5.88 Å². The van der Waals surface area contributed by atoms with Crippen LogP contribution in [-0.2, 0) is 11.8 Å². The lowest BCUT2D eigenvalue weighted by molar-refractivity contribution is -0.114. The Hall–Kier alpha value is -3.04. The van der Waals surface area contributed by atoms with Gasteiger partial charge in [-0.25, -0.2) is 13.9 Å². The van der Waals surface area contributed by atoms with Crippen LogP contribution in [-0.4, -0.2) is 32.0 Å². The standard InChI is InChI=1S/C11H11FN6O3/c1-5(19)15-8-4-14-7(3-6(8)12)9-10(21-11(13)20)18(2)17-16-9/h3-4H,1-2H3,(H2,13,20)(H,15,19). The van der Waals surface area contributed by atoms with E-state index in [0.717, 1.165) is 16.9 Å². The number of nitrogens with one attached hydrogen (secondary N) is 1. The van der Waals surface area contributed by atoms with Gasteiger partial charge in [0.05, 0.1) is 17.6 Å². The fourth-order valence-electron chi connectivity index (χ4n) is 1.56. The van der Waals surface area contributed by atoms with Gasteiger partial charge >= 0.3 is 6.09 Å². The molecule has 0 saturated heterocycles. The zero-order chi connectivity index (χ0) is 15.6. The number of carbonyl (C=O) groups is 2. The number of aryl methyl sites for hydroxylation is 1. The Morgan fingerprint density at radius 1 is 1.48 bits per heavy atom. The van der Waals surface area contributed by atoms with Gasteiger partial charge in [-0.2, -0.15) is 0 Å². The van der Waals surface area contributed by atoms with E-state index >= 15 is 0 Å². The van der Waals surface area contributed by atoms with Crippen LogP contribution in [0.5, 0.6) is 5.88 Å². The minimum absolute atomic E-state index is 0.0459. The molecule has 21 heavy (non-hydrogen) atoms. The number of nitrogens with two attached hydrogens (primary N) is 1. The molecule has 0 aliphatic heterocycles. The number of anilines is 1. The van der Waals surface area contributed by atoms with Crippen LogP contribution in [0.2, 0.25) is 0 Å². The highest BCUT2D eigenvalue weighted by atomic mass is 19.1. The highest BCUT2D eigenvalue weighted by Crippen LogP contribution is 2.27. The van der Waals surface area contributed by atoms with Gasteiger partial charge in [-0.15, -0.1) is 5.10 Å². The second-order valence-corrected chi connectivity index (χ2v) is 4.02. The fourth-order valence-corrected chi connectivity index (χ4v) is 1.56. The first-order valence-corrected chi connectivity index (χ1v) is 5.69. The van der Waals surface area contributed by atoms with Crippen LogP contribution in [0.3, 0.4) is 0 Å². The van der Waals surface area contributed by atoms with Gasteiger partial charge in [0, 0.05) is 20.0 Å². The smallest absolute Gasteiger partial charge is 0.389 e. The van der Waals surface area contributed by atoms with Crippen molar-refractivity contribution in [1.82, 2.24) is 20.0 Å². The third-order valence-electron chi connectivity index (χ3n) is 2.38. The molecule has 0 atom stereocenters.